The third kappa shape index (κ3) is 4.97. The van der Waals surface area contributed by atoms with Crippen molar-refractivity contribution in [2.24, 2.45) is 5.92 Å². The summed E-state index contributed by atoms with van der Waals surface area (Å²) in [5, 5.41) is 9.29. The maximum Gasteiger partial charge on any atom is 0.200 e. The average Bonchev–Trinajstić information content (AvgIpc) is 2.87. The maximum atomic E-state index is 15.0. The number of hydrogen-bond acceptors (Lipinski definition) is 2. The molecule has 4 rings (SSSR count). The fourth-order valence-corrected chi connectivity index (χ4v) is 4.81. The first kappa shape index (κ1) is 24.3. The van der Waals surface area contributed by atoms with Gasteiger partial charge >= 0.3 is 0 Å². The van der Waals surface area contributed by atoms with Gasteiger partial charge in [0.1, 0.15) is 0 Å². The number of aliphatic hydroxyl groups is 1. The summed E-state index contributed by atoms with van der Waals surface area (Å²) in [5.74, 6) is -3.49. The Labute approximate surface area is 197 Å². The molecule has 0 atom stereocenters. The van der Waals surface area contributed by atoms with Gasteiger partial charge in [-0.15, -0.1) is 0 Å². The quantitative estimate of drug-likeness (QED) is 0.376. The third-order valence-corrected chi connectivity index (χ3v) is 6.95. The second-order valence-electron chi connectivity index (χ2n) is 8.98. The lowest BCUT2D eigenvalue weighted by Crippen LogP contribution is -2.17. The largest absolute Gasteiger partial charge is 0.494 e. The van der Waals surface area contributed by atoms with Crippen LogP contribution >= 0.6 is 0 Å². The molecule has 0 amide bonds. The monoisotopic (exact) mass is 472 g/mol. The number of aliphatic hydroxyl groups excluding tert-OH is 1. The van der Waals surface area contributed by atoms with Gasteiger partial charge in [-0.2, -0.15) is 4.39 Å². The minimum absolute atomic E-state index is 0.0306. The smallest absolute Gasteiger partial charge is 0.200 e. The molecule has 0 spiro atoms. The molecular weight excluding hydrogens is 444 g/mol. The molecule has 0 radical (unpaired) electrons. The number of methoxy groups -OCH3 is 1. The third-order valence-electron chi connectivity index (χ3n) is 6.95. The summed E-state index contributed by atoms with van der Waals surface area (Å²) in [5.41, 5.74) is 2.28. The number of ether oxygens (including phenoxy) is 1. The van der Waals surface area contributed by atoms with E-state index >= 15 is 0 Å². The lowest BCUT2D eigenvalue weighted by molar-refractivity contribution is 0.181. The van der Waals surface area contributed by atoms with Gasteiger partial charge in [-0.05, 0) is 78.7 Å². The fraction of sp³-hybridized carbons (Fsp3) is 0.357. The van der Waals surface area contributed by atoms with Crippen molar-refractivity contribution in [1.82, 2.24) is 0 Å². The Morgan fingerprint density at radius 3 is 2.12 bits per heavy atom. The number of hydrogen-bond donors (Lipinski definition) is 1. The van der Waals surface area contributed by atoms with Crippen molar-refractivity contribution in [2.45, 2.75) is 44.4 Å². The second kappa shape index (κ2) is 10.6. The molecule has 0 heterocycles. The average molecular weight is 473 g/mol. The van der Waals surface area contributed by atoms with Crippen LogP contribution in [0, 0.1) is 29.2 Å². The van der Waals surface area contributed by atoms with Crippen LogP contribution in [-0.4, -0.2) is 18.8 Å². The van der Waals surface area contributed by atoms with Gasteiger partial charge in [-0.25, -0.2) is 13.2 Å². The molecule has 0 aromatic heterocycles. The fourth-order valence-electron chi connectivity index (χ4n) is 4.81. The molecule has 1 fully saturated rings. The van der Waals surface area contributed by atoms with E-state index in [4.69, 9.17) is 4.74 Å². The van der Waals surface area contributed by atoms with Crippen molar-refractivity contribution < 1.29 is 27.4 Å². The Bertz CT molecular complexity index is 1140. The zero-order valence-corrected chi connectivity index (χ0v) is 19.1. The van der Waals surface area contributed by atoms with Gasteiger partial charge in [-0.3, -0.25) is 0 Å². The first-order valence-electron chi connectivity index (χ1n) is 11.6. The summed E-state index contributed by atoms with van der Waals surface area (Å²) >= 11 is 0. The van der Waals surface area contributed by atoms with Crippen molar-refractivity contribution in [3.63, 3.8) is 0 Å². The van der Waals surface area contributed by atoms with E-state index in [9.17, 15) is 22.7 Å². The van der Waals surface area contributed by atoms with E-state index in [0.717, 1.165) is 31.2 Å². The van der Waals surface area contributed by atoms with Gasteiger partial charge in [0, 0.05) is 12.2 Å². The summed E-state index contributed by atoms with van der Waals surface area (Å²) in [6.07, 6.45) is 3.89. The van der Waals surface area contributed by atoms with Crippen LogP contribution in [0.3, 0.4) is 0 Å². The molecule has 3 aromatic rings. The lowest BCUT2D eigenvalue weighted by atomic mass is 9.78. The van der Waals surface area contributed by atoms with E-state index < -0.39 is 23.3 Å². The highest BCUT2D eigenvalue weighted by Gasteiger charge is 2.26. The molecule has 0 saturated heterocycles. The molecule has 3 aromatic carbocycles. The molecule has 2 nitrogen and oxygen atoms in total. The number of benzene rings is 3. The molecule has 34 heavy (non-hydrogen) atoms. The zero-order valence-electron chi connectivity index (χ0n) is 19.1. The van der Waals surface area contributed by atoms with Crippen molar-refractivity contribution >= 4 is 0 Å². The molecule has 1 N–H and O–H groups in total. The second-order valence-corrected chi connectivity index (χ2v) is 8.98. The standard InChI is InChI=1S/C28H28F4O2/c1-34-24-15-12-21(25(29)28(24)32)11-4-17-2-7-19(8-3-17)22-13-14-23(27(31)26(22)30)20-9-5-18(16-33)6-10-20/h2-3,7-8,12-15,18,20,33H,4-6,9-11,16H2,1H3. The SMILES string of the molecule is COc1ccc(CCc2ccc(-c3ccc(C4CCC(CO)CC4)c(F)c3F)cc2)c(F)c1F. The van der Waals surface area contributed by atoms with Crippen molar-refractivity contribution in [2.75, 3.05) is 13.7 Å². The number of halogens is 4. The van der Waals surface area contributed by atoms with Crippen molar-refractivity contribution in [3.05, 3.63) is 88.5 Å². The first-order chi connectivity index (χ1) is 16.4. The normalized spacial score (nSPS) is 18.2. The Kier molecular flexibility index (Phi) is 7.57. The predicted octanol–water partition coefficient (Wildman–Crippen LogP) is 6.97. The maximum absolute atomic E-state index is 15.0. The highest BCUT2D eigenvalue weighted by atomic mass is 19.2. The van der Waals surface area contributed by atoms with Crippen molar-refractivity contribution in [3.8, 4) is 16.9 Å². The lowest BCUT2D eigenvalue weighted by Gasteiger charge is -2.28. The highest BCUT2D eigenvalue weighted by Crippen LogP contribution is 2.38. The summed E-state index contributed by atoms with van der Waals surface area (Å²) in [6.45, 7) is 0.143. The van der Waals surface area contributed by atoms with Gasteiger partial charge in [0.25, 0.3) is 0 Å². The van der Waals surface area contributed by atoms with Crippen LogP contribution in [0.25, 0.3) is 11.1 Å². The summed E-state index contributed by atoms with van der Waals surface area (Å²) in [4.78, 5) is 0. The minimum Gasteiger partial charge on any atom is -0.494 e. The molecule has 6 heteroatoms. The molecule has 0 aliphatic heterocycles. The van der Waals surface area contributed by atoms with Crippen LogP contribution in [-0.2, 0) is 12.8 Å². The van der Waals surface area contributed by atoms with Crippen LogP contribution in [0.2, 0.25) is 0 Å². The Morgan fingerprint density at radius 2 is 1.47 bits per heavy atom. The van der Waals surface area contributed by atoms with Gasteiger partial charge in [0.05, 0.1) is 7.11 Å². The summed E-state index contributed by atoms with van der Waals surface area (Å²) < 4.78 is 62.8. The van der Waals surface area contributed by atoms with Crippen LogP contribution < -0.4 is 4.74 Å². The minimum atomic E-state index is -1.00. The summed E-state index contributed by atoms with van der Waals surface area (Å²) in [6, 6.07) is 13.2. The Hall–Kier alpha value is -2.86. The van der Waals surface area contributed by atoms with Gasteiger partial charge in [0.15, 0.2) is 23.2 Å². The Morgan fingerprint density at radius 1 is 0.765 bits per heavy atom. The van der Waals surface area contributed by atoms with Gasteiger partial charge in [0.2, 0.25) is 5.82 Å². The van der Waals surface area contributed by atoms with Gasteiger partial charge in [-0.1, -0.05) is 42.5 Å². The molecular formula is C28H28F4O2. The number of rotatable bonds is 7. The topological polar surface area (TPSA) is 29.5 Å². The molecule has 0 bridgehead atoms. The molecule has 1 aliphatic carbocycles. The molecule has 180 valence electrons. The van der Waals surface area contributed by atoms with E-state index in [1.807, 2.05) is 0 Å². The van der Waals surface area contributed by atoms with E-state index in [-0.39, 0.29) is 35.3 Å². The molecule has 0 unspecified atom stereocenters. The summed E-state index contributed by atoms with van der Waals surface area (Å²) in [7, 11) is 1.28. The van der Waals surface area contributed by atoms with E-state index in [0.29, 0.717) is 24.0 Å². The van der Waals surface area contributed by atoms with E-state index in [1.54, 1.807) is 36.4 Å². The first-order valence-corrected chi connectivity index (χ1v) is 11.6. The van der Waals surface area contributed by atoms with Crippen LogP contribution in [0.15, 0.2) is 48.5 Å². The van der Waals surface area contributed by atoms with Crippen LogP contribution in [0.4, 0.5) is 17.6 Å². The highest BCUT2D eigenvalue weighted by molar-refractivity contribution is 5.65. The number of aryl methyl sites for hydroxylation is 2. The molecule has 1 saturated carbocycles. The van der Waals surface area contributed by atoms with E-state index in [1.165, 1.54) is 19.2 Å². The van der Waals surface area contributed by atoms with Gasteiger partial charge < -0.3 is 9.84 Å². The predicted molar refractivity (Wildman–Crippen MR) is 124 cm³/mol. The zero-order chi connectivity index (χ0) is 24.2. The van der Waals surface area contributed by atoms with Crippen LogP contribution in [0.1, 0.15) is 48.3 Å². The molecule has 1 aliphatic rings. The van der Waals surface area contributed by atoms with E-state index in [2.05, 4.69) is 0 Å². The van der Waals surface area contributed by atoms with Crippen molar-refractivity contribution in [1.29, 1.82) is 0 Å². The van der Waals surface area contributed by atoms with Crippen LogP contribution in [0.5, 0.6) is 5.75 Å². The Balaban J connectivity index is 1.46.